The molecule has 0 aromatic heterocycles. The van der Waals surface area contributed by atoms with Gasteiger partial charge in [0.25, 0.3) is 0 Å². The van der Waals surface area contributed by atoms with E-state index in [0.717, 1.165) is 23.6 Å². The van der Waals surface area contributed by atoms with E-state index in [1.54, 1.807) is 4.90 Å². The number of likely N-dealkylation sites (N-methyl/N-ethyl adjacent to an activating group) is 1. The maximum atomic E-state index is 12.6. The molecule has 22 heavy (non-hydrogen) atoms. The van der Waals surface area contributed by atoms with Crippen LogP contribution in [0.15, 0.2) is 18.2 Å². The Balaban J connectivity index is 1.87. The molecule has 2 aliphatic rings. The molecular formula is C17H24ClN3O. The molecule has 1 aromatic rings. The van der Waals surface area contributed by atoms with Crippen LogP contribution in [-0.4, -0.2) is 48.4 Å². The number of nitrogens with two attached hydrogens (primary N) is 1. The number of benzene rings is 1. The van der Waals surface area contributed by atoms with Gasteiger partial charge < -0.3 is 10.6 Å². The average Bonchev–Trinajstić information content (AvgIpc) is 2.74. The quantitative estimate of drug-likeness (QED) is 0.907. The fourth-order valence-electron chi connectivity index (χ4n) is 4.02. The van der Waals surface area contributed by atoms with Crippen LogP contribution in [0.5, 0.6) is 0 Å². The number of likely N-dealkylation sites (tertiary alicyclic amines) is 1. The highest BCUT2D eigenvalue weighted by atomic mass is 35.5. The summed E-state index contributed by atoms with van der Waals surface area (Å²) < 4.78 is 0. The van der Waals surface area contributed by atoms with Crippen LogP contribution in [0.1, 0.15) is 31.0 Å². The molecule has 1 amide bonds. The van der Waals surface area contributed by atoms with Crippen molar-refractivity contribution in [3.8, 4) is 0 Å². The molecule has 4 nitrogen and oxygen atoms in total. The van der Waals surface area contributed by atoms with E-state index in [4.69, 9.17) is 17.3 Å². The van der Waals surface area contributed by atoms with E-state index >= 15 is 0 Å². The van der Waals surface area contributed by atoms with E-state index < -0.39 is 0 Å². The summed E-state index contributed by atoms with van der Waals surface area (Å²) in [5.41, 5.74) is 8.73. The second-order valence-corrected chi connectivity index (χ2v) is 7.81. The van der Waals surface area contributed by atoms with Crippen molar-refractivity contribution in [1.82, 2.24) is 9.80 Å². The normalized spacial score (nSPS) is 29.8. The minimum Gasteiger partial charge on any atom is -0.347 e. The van der Waals surface area contributed by atoms with Crippen molar-refractivity contribution in [1.29, 1.82) is 0 Å². The number of hydrogen-bond acceptors (Lipinski definition) is 3. The summed E-state index contributed by atoms with van der Waals surface area (Å²) in [6.07, 6.45) is 0.865. The third kappa shape index (κ3) is 2.25. The molecule has 1 fully saturated rings. The molecule has 3 atom stereocenters. The summed E-state index contributed by atoms with van der Waals surface area (Å²) in [7, 11) is 3.63. The van der Waals surface area contributed by atoms with Crippen LogP contribution < -0.4 is 5.73 Å². The maximum Gasteiger partial charge on any atom is 0.240 e. The smallest absolute Gasteiger partial charge is 0.240 e. The molecule has 0 spiro atoms. The highest BCUT2D eigenvalue weighted by Gasteiger charge is 2.55. The predicted octanol–water partition coefficient (Wildman–Crippen LogP) is 2.06. The van der Waals surface area contributed by atoms with Crippen molar-refractivity contribution in [2.24, 2.45) is 11.1 Å². The molecule has 5 heteroatoms. The lowest BCUT2D eigenvalue weighted by Crippen LogP contribution is -2.70. The van der Waals surface area contributed by atoms with E-state index in [0.29, 0.717) is 0 Å². The lowest BCUT2D eigenvalue weighted by Gasteiger charge is -2.57. The highest BCUT2D eigenvalue weighted by molar-refractivity contribution is 6.31. The predicted molar refractivity (Wildman–Crippen MR) is 88.8 cm³/mol. The third-order valence-electron chi connectivity index (χ3n) is 5.08. The Morgan fingerprint density at radius 3 is 2.64 bits per heavy atom. The number of fused-ring (bicyclic) bond motifs is 1. The lowest BCUT2D eigenvalue weighted by atomic mass is 9.72. The molecule has 1 saturated heterocycles. The van der Waals surface area contributed by atoms with Gasteiger partial charge in [0.2, 0.25) is 5.91 Å². The Bertz CT molecular complexity index is 614. The topological polar surface area (TPSA) is 49.6 Å². The van der Waals surface area contributed by atoms with E-state index in [1.165, 1.54) is 5.56 Å². The van der Waals surface area contributed by atoms with Gasteiger partial charge in [-0.1, -0.05) is 37.6 Å². The van der Waals surface area contributed by atoms with Crippen LogP contribution in [0, 0.1) is 5.41 Å². The van der Waals surface area contributed by atoms with Crippen LogP contribution in [0.2, 0.25) is 5.02 Å². The van der Waals surface area contributed by atoms with Gasteiger partial charge in [0, 0.05) is 43.2 Å². The van der Waals surface area contributed by atoms with Gasteiger partial charge >= 0.3 is 0 Å². The molecular weight excluding hydrogens is 298 g/mol. The summed E-state index contributed by atoms with van der Waals surface area (Å²) in [5.74, 6) is 0.158. The molecule has 1 aliphatic heterocycles. The first-order chi connectivity index (χ1) is 10.2. The van der Waals surface area contributed by atoms with Crippen LogP contribution in [0.3, 0.4) is 0 Å². The Morgan fingerprint density at radius 2 is 2.09 bits per heavy atom. The molecule has 0 saturated carbocycles. The van der Waals surface area contributed by atoms with Crippen molar-refractivity contribution < 1.29 is 4.79 Å². The van der Waals surface area contributed by atoms with Gasteiger partial charge in [0.05, 0.1) is 6.04 Å². The van der Waals surface area contributed by atoms with Gasteiger partial charge in [-0.25, -0.2) is 0 Å². The Hall–Kier alpha value is -1.10. The zero-order chi connectivity index (χ0) is 16.2. The summed E-state index contributed by atoms with van der Waals surface area (Å²) in [6, 6.07) is 5.87. The lowest BCUT2D eigenvalue weighted by molar-refractivity contribution is -0.157. The number of nitrogens with zero attached hydrogens (tertiary/aromatic N) is 2. The number of rotatable bonds is 2. The van der Waals surface area contributed by atoms with E-state index in [1.807, 2.05) is 26.2 Å². The van der Waals surface area contributed by atoms with Crippen molar-refractivity contribution in [2.75, 3.05) is 20.6 Å². The standard InChI is InChI=1S/C17H24ClN3O/c1-17(2)9-21(15(17)16(22)20(3)4)12-8-10-6-5-7-11(18)13(10)14(12)19/h5-7,12,14-15H,8-9,19H2,1-4H3/t12-,14+,15-/m1/s1. The van der Waals surface area contributed by atoms with Gasteiger partial charge in [-0.15, -0.1) is 0 Å². The number of carbonyl (C=O) groups is 1. The summed E-state index contributed by atoms with van der Waals surface area (Å²) >= 11 is 6.33. The number of amides is 1. The molecule has 1 aliphatic carbocycles. The van der Waals surface area contributed by atoms with Crippen molar-refractivity contribution in [2.45, 2.75) is 38.4 Å². The molecule has 1 aromatic carbocycles. The average molecular weight is 322 g/mol. The van der Waals surface area contributed by atoms with E-state index in [2.05, 4.69) is 24.8 Å². The van der Waals surface area contributed by atoms with Gasteiger partial charge in [-0.3, -0.25) is 9.69 Å². The molecule has 0 bridgehead atoms. The Morgan fingerprint density at radius 1 is 1.41 bits per heavy atom. The van der Waals surface area contributed by atoms with Gasteiger partial charge in [0.15, 0.2) is 0 Å². The molecule has 3 rings (SSSR count). The first-order valence-electron chi connectivity index (χ1n) is 7.74. The third-order valence-corrected chi connectivity index (χ3v) is 5.41. The zero-order valence-electron chi connectivity index (χ0n) is 13.6. The Kier molecular flexibility index (Phi) is 3.75. The fourth-order valence-corrected chi connectivity index (χ4v) is 4.34. The minimum atomic E-state index is -0.128. The van der Waals surface area contributed by atoms with E-state index in [-0.39, 0.29) is 29.4 Å². The number of halogens is 1. The Labute approximate surface area is 137 Å². The molecule has 120 valence electrons. The number of carbonyl (C=O) groups excluding carboxylic acids is 1. The SMILES string of the molecule is CN(C)C(=O)[C@H]1N([C@@H]2Cc3cccc(Cl)c3[C@H]2N)CC1(C)C. The second kappa shape index (κ2) is 5.22. The molecule has 0 radical (unpaired) electrons. The van der Waals surface area contributed by atoms with Crippen LogP contribution >= 0.6 is 11.6 Å². The second-order valence-electron chi connectivity index (χ2n) is 7.41. The van der Waals surface area contributed by atoms with E-state index in [9.17, 15) is 4.79 Å². The summed E-state index contributed by atoms with van der Waals surface area (Å²) in [4.78, 5) is 16.5. The minimum absolute atomic E-state index is 0.0142. The van der Waals surface area contributed by atoms with Gasteiger partial charge in [-0.2, -0.15) is 0 Å². The molecule has 0 unspecified atom stereocenters. The first-order valence-corrected chi connectivity index (χ1v) is 8.11. The molecule has 2 N–H and O–H groups in total. The molecule has 1 heterocycles. The number of hydrogen-bond donors (Lipinski definition) is 1. The van der Waals surface area contributed by atoms with Crippen molar-refractivity contribution >= 4 is 17.5 Å². The monoisotopic (exact) mass is 321 g/mol. The first kappa shape index (κ1) is 15.8. The highest BCUT2D eigenvalue weighted by Crippen LogP contribution is 2.46. The summed E-state index contributed by atoms with van der Waals surface area (Å²) in [6.45, 7) is 5.19. The van der Waals surface area contributed by atoms with Crippen molar-refractivity contribution in [3.63, 3.8) is 0 Å². The largest absolute Gasteiger partial charge is 0.347 e. The van der Waals surface area contributed by atoms with Crippen LogP contribution in [0.4, 0.5) is 0 Å². The zero-order valence-corrected chi connectivity index (χ0v) is 14.4. The van der Waals surface area contributed by atoms with Gasteiger partial charge in [-0.05, 0) is 23.6 Å². The maximum absolute atomic E-state index is 12.6. The van der Waals surface area contributed by atoms with Crippen LogP contribution in [-0.2, 0) is 11.2 Å². The van der Waals surface area contributed by atoms with Crippen molar-refractivity contribution in [3.05, 3.63) is 34.3 Å². The van der Waals surface area contributed by atoms with Gasteiger partial charge in [0.1, 0.15) is 0 Å². The van der Waals surface area contributed by atoms with Crippen LogP contribution in [0.25, 0.3) is 0 Å². The summed E-state index contributed by atoms with van der Waals surface area (Å²) in [5, 5.41) is 0.739. The fraction of sp³-hybridized carbons (Fsp3) is 0.588.